The van der Waals surface area contributed by atoms with Gasteiger partial charge in [-0.3, -0.25) is 19.9 Å². The fraction of sp³-hybridized carbons (Fsp3) is 0.429. The van der Waals surface area contributed by atoms with E-state index in [1.165, 1.54) is 5.01 Å². The van der Waals surface area contributed by atoms with Gasteiger partial charge in [0.25, 0.3) is 0 Å². The highest BCUT2D eigenvalue weighted by molar-refractivity contribution is 5.97. The van der Waals surface area contributed by atoms with Crippen LogP contribution in [0.2, 0.25) is 0 Å². The summed E-state index contributed by atoms with van der Waals surface area (Å²) in [7, 11) is 0. The Bertz CT molecular complexity index is 506. The van der Waals surface area contributed by atoms with E-state index >= 15 is 0 Å². The molecule has 0 radical (unpaired) electrons. The minimum absolute atomic E-state index is 0.182. The Morgan fingerprint density at radius 2 is 2.10 bits per heavy atom. The number of piperazine rings is 1. The summed E-state index contributed by atoms with van der Waals surface area (Å²) in [5.74, 6) is -0.733. The van der Waals surface area contributed by atoms with Gasteiger partial charge in [0, 0.05) is 13.0 Å². The molecule has 1 fully saturated rings. The summed E-state index contributed by atoms with van der Waals surface area (Å²) in [6.45, 7) is 1.14. The van der Waals surface area contributed by atoms with E-state index in [1.807, 2.05) is 30.3 Å². The largest absolute Gasteiger partial charge is 0.302 e. The van der Waals surface area contributed by atoms with E-state index in [-0.39, 0.29) is 18.9 Å². The van der Waals surface area contributed by atoms with Crippen molar-refractivity contribution < 1.29 is 9.59 Å². The first kappa shape index (κ1) is 15.1. The third-order valence-corrected chi connectivity index (χ3v) is 3.33. The molecule has 2 N–H and O–H groups in total. The van der Waals surface area contributed by atoms with Crippen LogP contribution in [-0.4, -0.2) is 42.5 Å². The summed E-state index contributed by atoms with van der Waals surface area (Å²) < 4.78 is 0. The number of imide groups is 1. The summed E-state index contributed by atoms with van der Waals surface area (Å²) in [5.41, 5.74) is 1.05. The maximum atomic E-state index is 11.9. The summed E-state index contributed by atoms with van der Waals surface area (Å²) in [6, 6.07) is 9.01. The Balaban J connectivity index is 1.76. The Labute approximate surface area is 122 Å². The number of carbonyl (C=O) groups excluding carboxylic acids is 2. The first-order valence-corrected chi connectivity index (χ1v) is 6.88. The van der Waals surface area contributed by atoms with Gasteiger partial charge in [-0.05, 0) is 12.0 Å². The highest BCUT2D eigenvalue weighted by Crippen LogP contribution is 2.03. The lowest BCUT2D eigenvalue weighted by molar-refractivity contribution is -0.132. The zero-order chi connectivity index (χ0) is 15.1. The second-order valence-electron chi connectivity index (χ2n) is 4.90. The predicted octanol–water partition coefficient (Wildman–Crippen LogP) is 0.217. The zero-order valence-corrected chi connectivity index (χ0v) is 11.6. The van der Waals surface area contributed by atoms with Crippen molar-refractivity contribution in [2.75, 3.05) is 19.6 Å². The average molecular weight is 290 g/mol. The molecule has 1 aromatic carbocycles. The molecule has 0 aliphatic carbocycles. The van der Waals surface area contributed by atoms with Crippen LogP contribution < -0.4 is 10.6 Å². The molecule has 21 heavy (non-hydrogen) atoms. The Morgan fingerprint density at radius 1 is 1.33 bits per heavy atom. The van der Waals surface area contributed by atoms with Gasteiger partial charge < -0.3 is 5.32 Å². The van der Waals surface area contributed by atoms with E-state index in [1.54, 1.807) is 0 Å². The van der Waals surface area contributed by atoms with Gasteiger partial charge in [-0.1, -0.05) is 30.3 Å². The van der Waals surface area contributed by atoms with Gasteiger partial charge in [-0.2, -0.15) is 0 Å². The van der Waals surface area contributed by atoms with Crippen molar-refractivity contribution >= 4 is 11.8 Å². The first-order valence-electron chi connectivity index (χ1n) is 6.88. The van der Waals surface area contributed by atoms with Crippen LogP contribution in [0.1, 0.15) is 12.0 Å². The van der Waals surface area contributed by atoms with Crippen molar-refractivity contribution in [3.63, 3.8) is 0 Å². The summed E-state index contributed by atoms with van der Waals surface area (Å²) >= 11 is 0. The van der Waals surface area contributed by atoms with Crippen molar-refractivity contribution in [3.05, 3.63) is 40.8 Å². The molecule has 1 heterocycles. The van der Waals surface area contributed by atoms with E-state index in [4.69, 9.17) is 0 Å². The lowest BCUT2D eigenvalue weighted by atomic mass is 10.1. The van der Waals surface area contributed by atoms with Crippen molar-refractivity contribution in [3.8, 4) is 0 Å². The van der Waals surface area contributed by atoms with Gasteiger partial charge >= 0.3 is 0 Å². The number of hydrogen-bond donors (Lipinski definition) is 2. The van der Waals surface area contributed by atoms with Crippen molar-refractivity contribution in [1.29, 1.82) is 0 Å². The monoisotopic (exact) mass is 290 g/mol. The maximum absolute atomic E-state index is 11.9. The van der Waals surface area contributed by atoms with E-state index in [0.29, 0.717) is 19.5 Å². The molecule has 7 nitrogen and oxygen atoms in total. The van der Waals surface area contributed by atoms with Crippen LogP contribution in [0.4, 0.5) is 0 Å². The fourth-order valence-corrected chi connectivity index (χ4v) is 2.17. The molecular weight excluding hydrogens is 272 g/mol. The third kappa shape index (κ3) is 4.64. The molecular formula is C14H18N4O3. The van der Waals surface area contributed by atoms with Gasteiger partial charge in [0.05, 0.1) is 18.4 Å². The number of nitrogens with one attached hydrogen (secondary N) is 2. The smallest absolute Gasteiger partial charge is 0.245 e. The van der Waals surface area contributed by atoms with Crippen LogP contribution in [0.5, 0.6) is 0 Å². The van der Waals surface area contributed by atoms with Crippen molar-refractivity contribution in [2.24, 2.45) is 5.29 Å². The highest BCUT2D eigenvalue weighted by atomic mass is 16.3. The SMILES string of the molecule is O=NN1CCNC(C(=O)NC(=O)CCc2ccccc2)C1. The highest BCUT2D eigenvalue weighted by Gasteiger charge is 2.26. The van der Waals surface area contributed by atoms with Crippen LogP contribution in [0.15, 0.2) is 35.6 Å². The standard InChI is InChI=1S/C14H18N4O3/c19-13(7-6-11-4-2-1-3-5-11)16-14(20)12-10-18(17-21)9-8-15-12/h1-5,12,15H,6-10H2,(H,16,19,20). The molecule has 0 saturated carbocycles. The molecule has 1 aliphatic heterocycles. The molecule has 1 atom stereocenters. The second-order valence-corrected chi connectivity index (χ2v) is 4.90. The van der Waals surface area contributed by atoms with Gasteiger partial charge in [0.1, 0.15) is 6.04 Å². The molecule has 2 rings (SSSR count). The number of aryl methyl sites for hydroxylation is 1. The normalized spacial score (nSPS) is 18.1. The van der Waals surface area contributed by atoms with Gasteiger partial charge in [-0.15, -0.1) is 4.91 Å². The molecule has 112 valence electrons. The molecule has 1 aliphatic rings. The number of benzene rings is 1. The predicted molar refractivity (Wildman–Crippen MR) is 77.1 cm³/mol. The maximum Gasteiger partial charge on any atom is 0.245 e. The number of amides is 2. The van der Waals surface area contributed by atoms with Crippen molar-refractivity contribution in [2.45, 2.75) is 18.9 Å². The quantitative estimate of drug-likeness (QED) is 0.757. The van der Waals surface area contributed by atoms with Crippen LogP contribution in [0, 0.1) is 4.91 Å². The van der Waals surface area contributed by atoms with Crippen LogP contribution in [-0.2, 0) is 16.0 Å². The summed E-state index contributed by atoms with van der Waals surface area (Å²) in [5, 5.41) is 9.40. The van der Waals surface area contributed by atoms with Crippen LogP contribution in [0.25, 0.3) is 0 Å². The Hall–Kier alpha value is -2.28. The Kier molecular flexibility index (Phi) is 5.39. The summed E-state index contributed by atoms with van der Waals surface area (Å²) in [4.78, 5) is 34.1. The second kappa shape index (κ2) is 7.49. The topological polar surface area (TPSA) is 90.9 Å². The fourth-order valence-electron chi connectivity index (χ4n) is 2.17. The lowest BCUT2D eigenvalue weighted by Gasteiger charge is -2.28. The van der Waals surface area contributed by atoms with Gasteiger partial charge in [0.2, 0.25) is 11.8 Å². The Morgan fingerprint density at radius 3 is 2.81 bits per heavy atom. The minimum atomic E-state index is -0.586. The minimum Gasteiger partial charge on any atom is -0.302 e. The zero-order valence-electron chi connectivity index (χ0n) is 11.6. The molecule has 7 heteroatoms. The first-order chi connectivity index (χ1) is 10.2. The van der Waals surface area contributed by atoms with E-state index < -0.39 is 11.9 Å². The molecule has 1 unspecified atom stereocenters. The molecule has 1 saturated heterocycles. The van der Waals surface area contributed by atoms with E-state index in [2.05, 4.69) is 15.9 Å². The third-order valence-electron chi connectivity index (χ3n) is 3.33. The van der Waals surface area contributed by atoms with E-state index in [0.717, 1.165) is 5.56 Å². The molecule has 0 aromatic heterocycles. The molecule has 2 amide bonds. The number of nitroso groups, excluding NO2 is 1. The van der Waals surface area contributed by atoms with Crippen molar-refractivity contribution in [1.82, 2.24) is 15.6 Å². The van der Waals surface area contributed by atoms with Crippen LogP contribution in [0.3, 0.4) is 0 Å². The van der Waals surface area contributed by atoms with E-state index in [9.17, 15) is 14.5 Å². The number of rotatable bonds is 5. The van der Waals surface area contributed by atoms with Gasteiger partial charge in [0.15, 0.2) is 0 Å². The number of nitrogens with zero attached hydrogens (tertiary/aromatic N) is 2. The van der Waals surface area contributed by atoms with Crippen LogP contribution >= 0.6 is 0 Å². The lowest BCUT2D eigenvalue weighted by Crippen LogP contribution is -2.56. The molecule has 1 aromatic rings. The average Bonchev–Trinajstić information content (AvgIpc) is 2.54. The summed E-state index contributed by atoms with van der Waals surface area (Å²) in [6.07, 6.45) is 0.832. The number of carbonyl (C=O) groups is 2. The van der Waals surface area contributed by atoms with Gasteiger partial charge in [-0.25, -0.2) is 0 Å². The molecule has 0 bridgehead atoms. The molecule has 0 spiro atoms. The number of hydrogen-bond acceptors (Lipinski definition) is 5.